The minimum absolute atomic E-state index is 0.0691. The third kappa shape index (κ3) is 2.05. The third-order valence-electron chi connectivity index (χ3n) is 4.76. The number of ether oxygens (including phenoxy) is 2. The molecule has 0 unspecified atom stereocenters. The number of rotatable bonds is 1. The molecule has 1 fully saturated rings. The first kappa shape index (κ1) is 16.3. The molecular formula is C18H15ClO6. The molecular weight excluding hydrogens is 348 g/mol. The average Bonchev–Trinajstić information content (AvgIpc) is 3.13. The molecule has 6 nitrogen and oxygen atoms in total. The number of allylic oxidation sites excluding steroid dienone is 2. The number of carbonyl (C=O) groups is 2. The van der Waals surface area contributed by atoms with Crippen LogP contribution in [0.15, 0.2) is 15.5 Å². The van der Waals surface area contributed by atoms with Crippen molar-refractivity contribution < 1.29 is 28.6 Å². The van der Waals surface area contributed by atoms with Crippen molar-refractivity contribution in [2.75, 3.05) is 13.2 Å². The van der Waals surface area contributed by atoms with Crippen LogP contribution in [0.25, 0.3) is 11.0 Å². The molecule has 1 saturated heterocycles. The number of Topliss-reactive ketones (excluding diaryl/α,β-unsaturated/α-hetero) is 1. The summed E-state index contributed by atoms with van der Waals surface area (Å²) in [4.78, 5) is 25.1. The number of furan rings is 1. The minimum atomic E-state index is -1.10. The van der Waals surface area contributed by atoms with Gasteiger partial charge in [-0.05, 0) is 20.8 Å². The second kappa shape index (κ2) is 5.17. The van der Waals surface area contributed by atoms with Crippen LogP contribution in [0.2, 0.25) is 0 Å². The normalized spacial score (nSPS) is 19.4. The topological polar surface area (TPSA) is 86.0 Å². The van der Waals surface area contributed by atoms with Gasteiger partial charge in [-0.15, -0.1) is 0 Å². The van der Waals surface area contributed by atoms with E-state index in [1.165, 1.54) is 0 Å². The number of hydrogen-bond donors (Lipinski definition) is 1. The van der Waals surface area contributed by atoms with Gasteiger partial charge >= 0.3 is 0 Å². The Bertz CT molecular complexity index is 991. The van der Waals surface area contributed by atoms with Crippen molar-refractivity contribution in [3.63, 3.8) is 0 Å². The van der Waals surface area contributed by atoms with Crippen molar-refractivity contribution in [1.82, 2.24) is 0 Å². The highest BCUT2D eigenvalue weighted by molar-refractivity contribution is 6.50. The van der Waals surface area contributed by atoms with E-state index in [1.54, 1.807) is 20.8 Å². The summed E-state index contributed by atoms with van der Waals surface area (Å²) in [7, 11) is 0. The first-order chi connectivity index (χ1) is 11.8. The molecule has 0 atom stereocenters. The number of phenolic OH excluding ortho intramolecular Hbond substituents is 1. The zero-order valence-electron chi connectivity index (χ0n) is 13.9. The Balaban J connectivity index is 2.19. The maximum Gasteiger partial charge on any atom is 0.209 e. The maximum atomic E-state index is 12.7. The van der Waals surface area contributed by atoms with Crippen molar-refractivity contribution in [3.8, 4) is 5.75 Å². The number of halogens is 1. The Morgan fingerprint density at radius 1 is 1.16 bits per heavy atom. The summed E-state index contributed by atoms with van der Waals surface area (Å²) < 4.78 is 17.3. The van der Waals surface area contributed by atoms with Crippen molar-refractivity contribution in [1.29, 1.82) is 0 Å². The maximum absolute atomic E-state index is 12.7. The zero-order valence-corrected chi connectivity index (χ0v) is 14.6. The standard InChI is InChI=1S/C18H15ClO6/c1-7-15(21)13-11(10(20)6-9(19)16(13)22)12-14(8(2)25-17(7)12)18(3)23-4-5-24-18/h6,21H,4-5H2,1-3H3. The van der Waals surface area contributed by atoms with Crippen molar-refractivity contribution in [2.45, 2.75) is 26.6 Å². The van der Waals surface area contributed by atoms with Gasteiger partial charge < -0.3 is 19.0 Å². The van der Waals surface area contributed by atoms with E-state index in [0.717, 1.165) is 6.08 Å². The van der Waals surface area contributed by atoms with Crippen LogP contribution < -0.4 is 0 Å². The second-order valence-corrected chi connectivity index (χ2v) is 6.70. The molecule has 0 radical (unpaired) electrons. The van der Waals surface area contributed by atoms with E-state index in [4.69, 9.17) is 25.5 Å². The van der Waals surface area contributed by atoms with Gasteiger partial charge in [-0.1, -0.05) is 11.6 Å². The molecule has 1 aliphatic heterocycles. The van der Waals surface area contributed by atoms with Crippen LogP contribution in [0, 0.1) is 13.8 Å². The predicted molar refractivity (Wildman–Crippen MR) is 89.2 cm³/mol. The quantitative estimate of drug-likeness (QED) is 0.835. The predicted octanol–water partition coefficient (Wildman–Crippen LogP) is 3.48. The lowest BCUT2D eigenvalue weighted by Gasteiger charge is -2.24. The monoisotopic (exact) mass is 362 g/mol. The van der Waals surface area contributed by atoms with Crippen LogP contribution in [0.3, 0.4) is 0 Å². The summed E-state index contributed by atoms with van der Waals surface area (Å²) in [5.74, 6) is -1.96. The fourth-order valence-corrected chi connectivity index (χ4v) is 3.82. The van der Waals surface area contributed by atoms with Crippen LogP contribution in [-0.2, 0) is 15.3 Å². The molecule has 1 N–H and O–H groups in total. The summed E-state index contributed by atoms with van der Waals surface area (Å²) >= 11 is 5.87. The smallest absolute Gasteiger partial charge is 0.209 e. The lowest BCUT2D eigenvalue weighted by atomic mass is 9.86. The lowest BCUT2D eigenvalue weighted by molar-refractivity contribution is -0.149. The number of fused-ring (bicyclic) bond motifs is 3. The van der Waals surface area contributed by atoms with E-state index >= 15 is 0 Å². The van der Waals surface area contributed by atoms with Gasteiger partial charge in [0.15, 0.2) is 11.6 Å². The summed E-state index contributed by atoms with van der Waals surface area (Å²) in [5.41, 5.74) is 1.20. The molecule has 0 bridgehead atoms. The minimum Gasteiger partial charge on any atom is -0.507 e. The van der Waals surface area contributed by atoms with Gasteiger partial charge in [-0.2, -0.15) is 0 Å². The molecule has 25 heavy (non-hydrogen) atoms. The van der Waals surface area contributed by atoms with Crippen LogP contribution in [0.4, 0.5) is 0 Å². The Hall–Kier alpha value is -2.15. The van der Waals surface area contributed by atoms with Crippen LogP contribution in [0.1, 0.15) is 44.5 Å². The molecule has 1 aliphatic carbocycles. The number of aryl methyl sites for hydroxylation is 2. The van der Waals surface area contributed by atoms with Gasteiger partial charge in [0.05, 0.1) is 29.4 Å². The van der Waals surface area contributed by atoms with E-state index < -0.39 is 17.4 Å². The number of ketones is 2. The van der Waals surface area contributed by atoms with Gasteiger partial charge in [-0.25, -0.2) is 0 Å². The molecule has 0 spiro atoms. The Morgan fingerprint density at radius 2 is 1.80 bits per heavy atom. The number of carbonyl (C=O) groups excluding carboxylic acids is 2. The average molecular weight is 363 g/mol. The molecule has 130 valence electrons. The van der Waals surface area contributed by atoms with Gasteiger partial charge in [0.2, 0.25) is 5.78 Å². The summed E-state index contributed by atoms with van der Waals surface area (Å²) in [6, 6.07) is 0. The SMILES string of the molecule is Cc1oc2c(C)c(O)c3c(c2c1C1(C)OCCO1)C(=O)C=C(Cl)C3=O. The Kier molecular flexibility index (Phi) is 3.38. The summed E-state index contributed by atoms with van der Waals surface area (Å²) in [5, 5.41) is 10.7. The second-order valence-electron chi connectivity index (χ2n) is 6.29. The van der Waals surface area contributed by atoms with Gasteiger partial charge in [0.1, 0.15) is 17.1 Å². The number of hydrogen-bond acceptors (Lipinski definition) is 6. The van der Waals surface area contributed by atoms with E-state index in [2.05, 4.69) is 0 Å². The van der Waals surface area contributed by atoms with Crippen LogP contribution in [-0.4, -0.2) is 29.9 Å². The molecule has 1 aromatic heterocycles. The fraction of sp³-hybridized carbons (Fsp3) is 0.333. The fourth-order valence-electron chi connectivity index (χ4n) is 3.63. The lowest BCUT2D eigenvalue weighted by Crippen LogP contribution is -2.24. The van der Waals surface area contributed by atoms with E-state index in [0.29, 0.717) is 41.1 Å². The highest BCUT2D eigenvalue weighted by Gasteiger charge is 2.42. The van der Waals surface area contributed by atoms with Crippen molar-refractivity contribution >= 4 is 34.1 Å². The van der Waals surface area contributed by atoms with E-state index in [9.17, 15) is 14.7 Å². The first-order valence-electron chi connectivity index (χ1n) is 7.79. The van der Waals surface area contributed by atoms with Gasteiger partial charge in [0, 0.05) is 22.6 Å². The Labute approximate surface area is 148 Å². The summed E-state index contributed by atoms with van der Waals surface area (Å²) in [6.45, 7) is 5.89. The van der Waals surface area contributed by atoms with E-state index in [-0.39, 0.29) is 21.9 Å². The van der Waals surface area contributed by atoms with E-state index in [1.807, 2.05) is 0 Å². The zero-order chi connectivity index (χ0) is 18.1. The molecule has 2 aromatic rings. The highest BCUT2D eigenvalue weighted by atomic mass is 35.5. The molecule has 7 heteroatoms. The largest absolute Gasteiger partial charge is 0.507 e. The molecule has 0 saturated carbocycles. The molecule has 2 aliphatic rings. The van der Waals surface area contributed by atoms with Crippen molar-refractivity contribution in [2.24, 2.45) is 0 Å². The molecule has 1 aromatic carbocycles. The molecule has 0 amide bonds. The van der Waals surface area contributed by atoms with Crippen molar-refractivity contribution in [3.05, 3.63) is 39.1 Å². The first-order valence-corrected chi connectivity index (χ1v) is 8.17. The summed E-state index contributed by atoms with van der Waals surface area (Å²) in [6.07, 6.45) is 1.06. The number of benzene rings is 1. The Morgan fingerprint density at radius 3 is 2.44 bits per heavy atom. The number of aromatic hydroxyl groups is 1. The number of phenols is 1. The third-order valence-corrected chi connectivity index (χ3v) is 5.04. The van der Waals surface area contributed by atoms with Gasteiger partial charge in [-0.3, -0.25) is 9.59 Å². The molecule has 4 rings (SSSR count). The van der Waals surface area contributed by atoms with Gasteiger partial charge in [0.25, 0.3) is 0 Å². The van der Waals surface area contributed by atoms with Crippen LogP contribution in [0.5, 0.6) is 5.75 Å². The van der Waals surface area contributed by atoms with Crippen LogP contribution >= 0.6 is 11.6 Å². The molecule has 2 heterocycles. The highest BCUT2D eigenvalue weighted by Crippen LogP contribution is 2.47.